The zero-order valence-corrected chi connectivity index (χ0v) is 10.4. The van der Waals surface area contributed by atoms with Crippen molar-refractivity contribution in [3.05, 3.63) is 48.8 Å². The summed E-state index contributed by atoms with van der Waals surface area (Å²) in [6.45, 7) is 0. The zero-order chi connectivity index (χ0) is 8.23. The van der Waals surface area contributed by atoms with Gasteiger partial charge in [0.25, 0.3) is 0 Å². The molecule has 0 fully saturated rings. The number of aromatic nitrogens is 2. The van der Waals surface area contributed by atoms with E-state index in [4.69, 9.17) is 0 Å². The Morgan fingerprint density at radius 3 is 2.00 bits per heavy atom. The van der Waals surface area contributed by atoms with Gasteiger partial charge in [-0.05, 0) is 6.07 Å². The van der Waals surface area contributed by atoms with Crippen LogP contribution in [-0.2, 0) is 0 Å². The Labute approximate surface area is 95.8 Å². The van der Waals surface area contributed by atoms with Crippen molar-refractivity contribution in [2.75, 3.05) is 0 Å². The fourth-order valence-electron chi connectivity index (χ4n) is 1.04. The number of hydrogen-bond acceptors (Lipinski definition) is 2. The maximum absolute atomic E-state index is 4.14. The Hall–Kier alpha value is -0.830. The molecule has 61 valence electrons. The van der Waals surface area contributed by atoms with Gasteiger partial charge in [0, 0.05) is 43.8 Å². The molecule has 0 aliphatic heterocycles. The zero-order valence-electron chi connectivity index (χ0n) is 7.09. The standard InChI is InChI=1S/C10H8N2.In/c1-2-5-9(6-3-1)10-11-7-4-8-12-10;/h1-8H;. The number of hydrogen-bond donors (Lipinski definition) is 0. The monoisotopic (exact) mass is 271 g/mol. The molecule has 1 aromatic heterocycles. The van der Waals surface area contributed by atoms with E-state index in [2.05, 4.69) is 9.97 Å². The molecule has 0 bridgehead atoms. The number of benzene rings is 1. The maximum Gasteiger partial charge on any atom is 0.159 e. The van der Waals surface area contributed by atoms with Crippen LogP contribution in [0.25, 0.3) is 11.4 Å². The molecular formula is C10H8InN2. The third-order valence-electron chi connectivity index (χ3n) is 1.60. The SMILES string of the molecule is [In].c1ccc(-c2ncccn2)cc1. The second-order valence-corrected chi connectivity index (χ2v) is 2.44. The topological polar surface area (TPSA) is 25.8 Å². The molecule has 13 heavy (non-hydrogen) atoms. The average molecular weight is 271 g/mol. The molecule has 0 amide bonds. The van der Waals surface area contributed by atoms with E-state index in [1.165, 1.54) is 0 Å². The van der Waals surface area contributed by atoms with E-state index < -0.39 is 0 Å². The van der Waals surface area contributed by atoms with Gasteiger partial charge in [0.05, 0.1) is 0 Å². The molecule has 1 aromatic carbocycles. The molecule has 0 saturated carbocycles. The normalized spacial score (nSPS) is 8.92. The van der Waals surface area contributed by atoms with E-state index in [1.807, 2.05) is 36.4 Å². The minimum Gasteiger partial charge on any atom is -0.237 e. The summed E-state index contributed by atoms with van der Waals surface area (Å²) in [5, 5.41) is 0. The summed E-state index contributed by atoms with van der Waals surface area (Å²) in [7, 11) is 0. The third-order valence-corrected chi connectivity index (χ3v) is 1.60. The van der Waals surface area contributed by atoms with Crippen LogP contribution in [0.5, 0.6) is 0 Å². The van der Waals surface area contributed by atoms with E-state index in [9.17, 15) is 0 Å². The van der Waals surface area contributed by atoms with Crippen LogP contribution in [-0.4, -0.2) is 35.8 Å². The smallest absolute Gasteiger partial charge is 0.159 e. The fourth-order valence-corrected chi connectivity index (χ4v) is 1.04. The molecule has 0 aliphatic carbocycles. The molecule has 0 saturated heterocycles. The van der Waals surface area contributed by atoms with Crippen molar-refractivity contribution in [2.24, 2.45) is 0 Å². The van der Waals surface area contributed by atoms with Gasteiger partial charge in [-0.2, -0.15) is 0 Å². The molecule has 3 heteroatoms. The van der Waals surface area contributed by atoms with Crippen LogP contribution < -0.4 is 0 Å². The van der Waals surface area contributed by atoms with Crippen LogP contribution in [0.3, 0.4) is 0 Å². The summed E-state index contributed by atoms with van der Waals surface area (Å²) < 4.78 is 0. The molecule has 0 aliphatic rings. The van der Waals surface area contributed by atoms with Crippen LogP contribution in [0.2, 0.25) is 0 Å². The Morgan fingerprint density at radius 2 is 1.38 bits per heavy atom. The van der Waals surface area contributed by atoms with Gasteiger partial charge in [0.2, 0.25) is 0 Å². The second-order valence-electron chi connectivity index (χ2n) is 2.44. The fraction of sp³-hybridized carbons (Fsp3) is 0. The van der Waals surface area contributed by atoms with Crippen LogP contribution in [0.4, 0.5) is 0 Å². The molecule has 0 atom stereocenters. The van der Waals surface area contributed by atoms with Crippen molar-refractivity contribution in [3.8, 4) is 11.4 Å². The Balaban J connectivity index is 0.000000845. The average Bonchev–Trinajstić information content (AvgIpc) is 2.21. The summed E-state index contributed by atoms with van der Waals surface area (Å²) >= 11 is 0. The first-order valence-electron chi connectivity index (χ1n) is 3.79. The van der Waals surface area contributed by atoms with E-state index in [1.54, 1.807) is 12.4 Å². The van der Waals surface area contributed by atoms with Gasteiger partial charge >= 0.3 is 0 Å². The summed E-state index contributed by atoms with van der Waals surface area (Å²) in [5.41, 5.74) is 1.05. The predicted octanol–water partition coefficient (Wildman–Crippen LogP) is 1.76. The van der Waals surface area contributed by atoms with E-state index in [0.29, 0.717) is 0 Å². The van der Waals surface area contributed by atoms with Gasteiger partial charge < -0.3 is 0 Å². The van der Waals surface area contributed by atoms with Crippen molar-refractivity contribution in [1.82, 2.24) is 9.97 Å². The third kappa shape index (κ3) is 2.56. The van der Waals surface area contributed by atoms with Gasteiger partial charge in [-0.25, -0.2) is 9.97 Å². The van der Waals surface area contributed by atoms with Crippen LogP contribution in [0.1, 0.15) is 0 Å². The van der Waals surface area contributed by atoms with Crippen LogP contribution >= 0.6 is 0 Å². The van der Waals surface area contributed by atoms with Gasteiger partial charge in [0.1, 0.15) is 0 Å². The van der Waals surface area contributed by atoms with Gasteiger partial charge in [-0.1, -0.05) is 30.3 Å². The summed E-state index contributed by atoms with van der Waals surface area (Å²) in [6, 6.07) is 11.7. The van der Waals surface area contributed by atoms with Gasteiger partial charge in [-0.3, -0.25) is 0 Å². The number of rotatable bonds is 1. The van der Waals surface area contributed by atoms with Gasteiger partial charge in [0.15, 0.2) is 5.82 Å². The number of nitrogens with zero attached hydrogens (tertiary/aromatic N) is 2. The Morgan fingerprint density at radius 1 is 0.769 bits per heavy atom. The minimum absolute atomic E-state index is 0. The predicted molar refractivity (Wildman–Crippen MR) is 53.2 cm³/mol. The molecule has 1 heterocycles. The summed E-state index contributed by atoms with van der Waals surface area (Å²) in [5.74, 6) is 0.776. The van der Waals surface area contributed by atoms with Crippen molar-refractivity contribution in [3.63, 3.8) is 0 Å². The largest absolute Gasteiger partial charge is 0.237 e. The molecule has 0 spiro atoms. The van der Waals surface area contributed by atoms with Crippen LogP contribution in [0, 0.1) is 0 Å². The van der Waals surface area contributed by atoms with Crippen molar-refractivity contribution >= 4 is 25.8 Å². The molecule has 2 rings (SSSR count). The molecule has 0 unspecified atom stereocenters. The molecule has 0 N–H and O–H groups in total. The maximum atomic E-state index is 4.14. The Kier molecular flexibility index (Phi) is 3.96. The van der Waals surface area contributed by atoms with Crippen molar-refractivity contribution in [1.29, 1.82) is 0 Å². The van der Waals surface area contributed by atoms with Crippen molar-refractivity contribution in [2.45, 2.75) is 0 Å². The van der Waals surface area contributed by atoms with E-state index >= 15 is 0 Å². The van der Waals surface area contributed by atoms with Crippen molar-refractivity contribution < 1.29 is 0 Å². The summed E-state index contributed by atoms with van der Waals surface area (Å²) in [6.07, 6.45) is 3.49. The van der Waals surface area contributed by atoms with E-state index in [-0.39, 0.29) is 25.8 Å². The first-order chi connectivity index (χ1) is 5.97. The quantitative estimate of drug-likeness (QED) is 0.789. The van der Waals surface area contributed by atoms with E-state index in [0.717, 1.165) is 11.4 Å². The summed E-state index contributed by atoms with van der Waals surface area (Å²) in [4.78, 5) is 8.28. The first-order valence-corrected chi connectivity index (χ1v) is 3.79. The molecule has 2 nitrogen and oxygen atoms in total. The first kappa shape index (κ1) is 10.3. The molecular weight excluding hydrogens is 263 g/mol. The van der Waals surface area contributed by atoms with Gasteiger partial charge in [-0.15, -0.1) is 0 Å². The second kappa shape index (κ2) is 5.02. The molecule has 3 radical (unpaired) electrons. The Bertz CT molecular complexity index is 310. The minimum atomic E-state index is 0. The van der Waals surface area contributed by atoms with Crippen LogP contribution in [0.15, 0.2) is 48.8 Å². The molecule has 2 aromatic rings.